The Morgan fingerprint density at radius 1 is 0.588 bits per heavy atom. The molecule has 0 radical (unpaired) electrons. The summed E-state index contributed by atoms with van der Waals surface area (Å²) in [6.45, 7) is 1.66. The first-order chi connectivity index (χ1) is 16.5. The Labute approximate surface area is 211 Å². The largest absolute Gasteiger partial charge is 0.385 e. The van der Waals surface area contributed by atoms with E-state index in [1.165, 1.54) is 0 Å². The van der Waals surface area contributed by atoms with E-state index in [0.29, 0.717) is 0 Å². The van der Waals surface area contributed by atoms with Crippen molar-refractivity contribution < 1.29 is 19.7 Å². The fourth-order valence-corrected chi connectivity index (χ4v) is 8.69. The minimum Gasteiger partial charge on any atom is -0.385 e. The van der Waals surface area contributed by atoms with Crippen LogP contribution in [0.15, 0.2) is 60.7 Å². The minimum absolute atomic E-state index is 0.122. The van der Waals surface area contributed by atoms with Crippen molar-refractivity contribution in [2.45, 2.75) is 72.4 Å². The van der Waals surface area contributed by atoms with Crippen LogP contribution < -0.4 is 0 Å². The number of benzene rings is 2. The molecule has 0 aromatic heterocycles. The van der Waals surface area contributed by atoms with Gasteiger partial charge in [-0.1, -0.05) is 60.7 Å². The lowest BCUT2D eigenvalue weighted by atomic mass is 9.78. The maximum Gasteiger partial charge on any atom is 0.116 e. The Morgan fingerprint density at radius 3 is 1.35 bits per heavy atom. The fourth-order valence-electron chi connectivity index (χ4n) is 6.02. The highest BCUT2D eigenvalue weighted by molar-refractivity contribution is 8.00. The number of hydrogen-bond donors (Lipinski definition) is 2. The van der Waals surface area contributed by atoms with Gasteiger partial charge in [-0.2, -0.15) is 0 Å². The predicted molar refractivity (Wildman–Crippen MR) is 140 cm³/mol. The van der Waals surface area contributed by atoms with Crippen LogP contribution in [-0.4, -0.2) is 44.8 Å². The molecular weight excluding hydrogens is 464 g/mol. The Bertz CT molecular complexity index is 850. The first-order valence-corrected chi connectivity index (χ1v) is 14.5. The quantitative estimate of drug-likeness (QED) is 0.542. The van der Waals surface area contributed by atoms with Crippen molar-refractivity contribution in [3.63, 3.8) is 0 Å². The van der Waals surface area contributed by atoms with E-state index in [1.54, 1.807) is 0 Å². The average Bonchev–Trinajstić information content (AvgIpc) is 3.50. The lowest BCUT2D eigenvalue weighted by Crippen LogP contribution is -2.41. The van der Waals surface area contributed by atoms with Crippen LogP contribution in [0.4, 0.5) is 0 Å². The number of aliphatic hydroxyl groups is 2. The highest BCUT2D eigenvalue weighted by atomic mass is 32.2. The van der Waals surface area contributed by atoms with E-state index in [0.717, 1.165) is 87.2 Å². The van der Waals surface area contributed by atoms with Crippen LogP contribution in [-0.2, 0) is 20.7 Å². The molecule has 2 N–H and O–H groups in total. The Hall–Kier alpha value is -1.02. The zero-order valence-corrected chi connectivity index (χ0v) is 21.4. The lowest BCUT2D eigenvalue weighted by Gasteiger charge is -2.42. The van der Waals surface area contributed by atoms with Crippen molar-refractivity contribution in [2.24, 2.45) is 0 Å². The summed E-state index contributed by atoms with van der Waals surface area (Å²) >= 11 is 3.76. The van der Waals surface area contributed by atoms with E-state index < -0.39 is 11.2 Å². The molecule has 4 fully saturated rings. The van der Waals surface area contributed by atoms with Crippen molar-refractivity contribution in [2.75, 3.05) is 24.7 Å². The number of hydrogen-bond acceptors (Lipinski definition) is 6. The second kappa shape index (κ2) is 10.2. The van der Waals surface area contributed by atoms with Gasteiger partial charge in [0.15, 0.2) is 0 Å². The van der Waals surface area contributed by atoms with E-state index in [4.69, 9.17) is 9.47 Å². The third-order valence-electron chi connectivity index (χ3n) is 7.67. The molecule has 4 nitrogen and oxygen atoms in total. The molecule has 4 aliphatic rings. The standard InChI is InChI=1S/2C14H18O2S/c2*15-13(12-5-2-1-3-6-12)7-4-8-14(11-13)16-9-10-17-14/h2*1-3,5-6,15H,4,7-11H2/t2*13-,14-/m00/s1. The van der Waals surface area contributed by atoms with Crippen LogP contribution in [0.25, 0.3) is 0 Å². The molecular formula is C28H36O4S2. The summed E-state index contributed by atoms with van der Waals surface area (Å²) in [7, 11) is 0. The molecule has 184 valence electrons. The molecule has 2 saturated carbocycles. The molecule has 2 aromatic carbocycles. The molecule has 4 atom stereocenters. The van der Waals surface area contributed by atoms with Crippen LogP contribution >= 0.6 is 23.5 Å². The third kappa shape index (κ3) is 5.23. The van der Waals surface area contributed by atoms with Gasteiger partial charge in [0.25, 0.3) is 0 Å². The summed E-state index contributed by atoms with van der Waals surface area (Å²) in [5.74, 6) is 2.12. The molecule has 2 spiro atoms. The van der Waals surface area contributed by atoms with Gasteiger partial charge >= 0.3 is 0 Å². The van der Waals surface area contributed by atoms with Gasteiger partial charge in [0, 0.05) is 24.3 Å². The zero-order valence-electron chi connectivity index (χ0n) is 19.8. The molecule has 2 aliphatic carbocycles. The fraction of sp³-hybridized carbons (Fsp3) is 0.571. The molecule has 2 saturated heterocycles. The van der Waals surface area contributed by atoms with Gasteiger partial charge in [0.1, 0.15) is 9.87 Å². The molecule has 0 bridgehead atoms. The van der Waals surface area contributed by atoms with Gasteiger partial charge in [-0.25, -0.2) is 0 Å². The van der Waals surface area contributed by atoms with Gasteiger partial charge in [-0.3, -0.25) is 0 Å². The van der Waals surface area contributed by atoms with Crippen molar-refractivity contribution in [3.05, 3.63) is 71.8 Å². The predicted octanol–water partition coefficient (Wildman–Crippen LogP) is 5.82. The summed E-state index contributed by atoms with van der Waals surface area (Å²) in [5, 5.41) is 21.7. The average molecular weight is 501 g/mol. The molecule has 0 amide bonds. The molecule has 34 heavy (non-hydrogen) atoms. The number of rotatable bonds is 2. The molecule has 2 aliphatic heterocycles. The summed E-state index contributed by atoms with van der Waals surface area (Å²) in [5.41, 5.74) is 0.679. The maximum atomic E-state index is 10.9. The molecule has 6 heteroatoms. The van der Waals surface area contributed by atoms with Crippen molar-refractivity contribution in [1.82, 2.24) is 0 Å². The Morgan fingerprint density at radius 2 is 1.00 bits per heavy atom. The summed E-state index contributed by atoms with van der Waals surface area (Å²) < 4.78 is 11.8. The first-order valence-electron chi connectivity index (χ1n) is 12.6. The van der Waals surface area contributed by atoms with Gasteiger partial charge in [0.05, 0.1) is 24.4 Å². The van der Waals surface area contributed by atoms with E-state index >= 15 is 0 Å². The zero-order chi connectivity index (χ0) is 23.5. The van der Waals surface area contributed by atoms with Gasteiger partial charge in [0.2, 0.25) is 0 Å². The summed E-state index contributed by atoms with van der Waals surface area (Å²) in [6.07, 6.45) is 7.39. The van der Waals surface area contributed by atoms with Crippen LogP contribution in [0.1, 0.15) is 62.5 Å². The molecule has 2 heterocycles. The van der Waals surface area contributed by atoms with Gasteiger partial charge in [-0.05, 0) is 49.7 Å². The normalized spacial score (nSPS) is 37.5. The van der Waals surface area contributed by atoms with Crippen LogP contribution in [0.2, 0.25) is 0 Å². The number of ether oxygens (including phenoxy) is 2. The maximum absolute atomic E-state index is 10.9. The van der Waals surface area contributed by atoms with Crippen LogP contribution in [0.3, 0.4) is 0 Å². The van der Waals surface area contributed by atoms with Crippen LogP contribution in [0.5, 0.6) is 0 Å². The monoisotopic (exact) mass is 500 g/mol. The lowest BCUT2D eigenvalue weighted by molar-refractivity contribution is -0.0834. The second-order valence-corrected chi connectivity index (χ2v) is 13.0. The molecule has 6 rings (SSSR count). The smallest absolute Gasteiger partial charge is 0.116 e. The van der Waals surface area contributed by atoms with Crippen molar-refractivity contribution >= 4 is 23.5 Å². The van der Waals surface area contributed by atoms with Gasteiger partial charge in [-0.15, -0.1) is 23.5 Å². The van der Waals surface area contributed by atoms with Crippen LogP contribution in [0, 0.1) is 0 Å². The van der Waals surface area contributed by atoms with E-state index in [1.807, 2.05) is 84.2 Å². The first kappa shape index (κ1) is 24.7. The summed E-state index contributed by atoms with van der Waals surface area (Å²) in [6, 6.07) is 20.1. The van der Waals surface area contributed by atoms with Crippen molar-refractivity contribution in [3.8, 4) is 0 Å². The highest BCUT2D eigenvalue weighted by Crippen LogP contribution is 2.52. The van der Waals surface area contributed by atoms with Crippen molar-refractivity contribution in [1.29, 1.82) is 0 Å². The van der Waals surface area contributed by atoms with Gasteiger partial charge < -0.3 is 19.7 Å². The molecule has 0 unspecified atom stereocenters. The Kier molecular flexibility index (Phi) is 7.37. The van der Waals surface area contributed by atoms with E-state index in [-0.39, 0.29) is 9.87 Å². The topological polar surface area (TPSA) is 58.9 Å². The van der Waals surface area contributed by atoms with E-state index in [2.05, 4.69) is 0 Å². The minimum atomic E-state index is -0.698. The summed E-state index contributed by atoms with van der Waals surface area (Å²) in [4.78, 5) is -0.244. The Balaban J connectivity index is 0.000000142. The third-order valence-corrected chi connectivity index (χ3v) is 10.4. The SMILES string of the molecule is O[C@@]1(c2ccccc2)CCC[C@]2(C1)OCCS2.O[C@@]1(c2ccccc2)CCC[C@]2(C1)OCCS2. The molecule has 2 aromatic rings. The highest BCUT2D eigenvalue weighted by Gasteiger charge is 2.48. The second-order valence-electron chi connectivity index (χ2n) is 10.1. The van der Waals surface area contributed by atoms with E-state index in [9.17, 15) is 10.2 Å². The number of thioether (sulfide) groups is 2.